The molecule has 0 spiro atoms. The standard InChI is InChI=1S/C13H21ClN2S/c1-10(12-5-6-13(14)17-12)15-8-11-4-3-7-16(2)9-11/h5-6,10-11,15H,3-4,7-9H2,1-2H3. The van der Waals surface area contributed by atoms with Gasteiger partial charge in [0.2, 0.25) is 0 Å². The van der Waals surface area contributed by atoms with Crippen molar-refractivity contribution in [1.29, 1.82) is 0 Å². The highest BCUT2D eigenvalue weighted by atomic mass is 35.5. The van der Waals surface area contributed by atoms with E-state index in [0.29, 0.717) is 6.04 Å². The molecule has 2 nitrogen and oxygen atoms in total. The fraction of sp³-hybridized carbons (Fsp3) is 0.692. The minimum absolute atomic E-state index is 0.416. The molecule has 1 N–H and O–H groups in total. The van der Waals surface area contributed by atoms with Crippen molar-refractivity contribution in [2.45, 2.75) is 25.8 Å². The van der Waals surface area contributed by atoms with Gasteiger partial charge in [0.1, 0.15) is 0 Å². The average molecular weight is 273 g/mol. The van der Waals surface area contributed by atoms with Crippen LogP contribution in [0.3, 0.4) is 0 Å². The van der Waals surface area contributed by atoms with E-state index in [-0.39, 0.29) is 0 Å². The average Bonchev–Trinajstić information content (AvgIpc) is 2.73. The summed E-state index contributed by atoms with van der Waals surface area (Å²) in [5.74, 6) is 0.798. The number of nitrogens with one attached hydrogen (secondary N) is 1. The first-order chi connectivity index (χ1) is 8.15. The Morgan fingerprint density at radius 2 is 2.41 bits per heavy atom. The van der Waals surface area contributed by atoms with Crippen molar-refractivity contribution in [3.63, 3.8) is 0 Å². The summed E-state index contributed by atoms with van der Waals surface area (Å²) in [5.41, 5.74) is 0. The van der Waals surface area contributed by atoms with E-state index in [1.165, 1.54) is 30.8 Å². The summed E-state index contributed by atoms with van der Waals surface area (Å²) in [5, 5.41) is 3.63. The minimum Gasteiger partial charge on any atom is -0.309 e. The van der Waals surface area contributed by atoms with Gasteiger partial charge in [0, 0.05) is 17.5 Å². The molecular weight excluding hydrogens is 252 g/mol. The Balaban J connectivity index is 1.77. The van der Waals surface area contributed by atoms with Crippen LogP contribution in [0.4, 0.5) is 0 Å². The SMILES string of the molecule is CC(NCC1CCCN(C)C1)c1ccc(Cl)s1. The van der Waals surface area contributed by atoms with Gasteiger partial charge in [-0.25, -0.2) is 0 Å². The van der Waals surface area contributed by atoms with E-state index in [4.69, 9.17) is 11.6 Å². The molecule has 0 saturated carbocycles. The Labute approximate surface area is 113 Å². The van der Waals surface area contributed by atoms with Crippen molar-refractivity contribution < 1.29 is 0 Å². The van der Waals surface area contributed by atoms with Gasteiger partial charge in [0.15, 0.2) is 0 Å². The molecule has 0 amide bonds. The molecule has 1 fully saturated rings. The molecule has 2 heterocycles. The number of thiophene rings is 1. The number of hydrogen-bond acceptors (Lipinski definition) is 3. The largest absolute Gasteiger partial charge is 0.309 e. The Kier molecular flexibility index (Phi) is 4.86. The van der Waals surface area contributed by atoms with Gasteiger partial charge in [0.25, 0.3) is 0 Å². The summed E-state index contributed by atoms with van der Waals surface area (Å²) in [7, 11) is 2.22. The van der Waals surface area contributed by atoms with E-state index in [2.05, 4.69) is 30.3 Å². The summed E-state index contributed by atoms with van der Waals surface area (Å²) < 4.78 is 0.881. The van der Waals surface area contributed by atoms with E-state index in [0.717, 1.165) is 16.8 Å². The van der Waals surface area contributed by atoms with Crippen LogP contribution in [0.25, 0.3) is 0 Å². The van der Waals surface area contributed by atoms with Crippen molar-refractivity contribution >= 4 is 22.9 Å². The molecule has 0 bridgehead atoms. The predicted molar refractivity (Wildman–Crippen MR) is 76.0 cm³/mol. The molecule has 2 atom stereocenters. The molecule has 2 unspecified atom stereocenters. The third kappa shape index (κ3) is 3.95. The molecule has 1 saturated heterocycles. The Morgan fingerprint density at radius 3 is 3.06 bits per heavy atom. The lowest BCUT2D eigenvalue weighted by molar-refractivity contribution is 0.203. The first-order valence-electron chi connectivity index (χ1n) is 6.32. The molecule has 1 aromatic heterocycles. The highest BCUT2D eigenvalue weighted by Crippen LogP contribution is 2.27. The second-order valence-corrected chi connectivity index (χ2v) is 6.79. The summed E-state index contributed by atoms with van der Waals surface area (Å²) in [4.78, 5) is 3.77. The lowest BCUT2D eigenvalue weighted by atomic mass is 9.98. The van der Waals surface area contributed by atoms with Crippen molar-refractivity contribution in [3.8, 4) is 0 Å². The predicted octanol–water partition coefficient (Wildman–Crippen LogP) is 3.39. The Hall–Kier alpha value is -0.0900. The van der Waals surface area contributed by atoms with Crippen molar-refractivity contribution in [1.82, 2.24) is 10.2 Å². The van der Waals surface area contributed by atoms with Crippen molar-refractivity contribution in [3.05, 3.63) is 21.3 Å². The third-order valence-corrected chi connectivity index (χ3v) is 4.87. The Morgan fingerprint density at radius 1 is 1.59 bits per heavy atom. The first-order valence-corrected chi connectivity index (χ1v) is 7.52. The molecule has 96 valence electrons. The number of hydrogen-bond donors (Lipinski definition) is 1. The molecule has 2 rings (SSSR count). The molecule has 0 aliphatic carbocycles. The zero-order valence-electron chi connectivity index (χ0n) is 10.6. The van der Waals surface area contributed by atoms with Gasteiger partial charge in [-0.2, -0.15) is 0 Å². The maximum atomic E-state index is 5.96. The Bertz CT molecular complexity index is 353. The van der Waals surface area contributed by atoms with Gasteiger partial charge in [0.05, 0.1) is 4.34 Å². The summed E-state index contributed by atoms with van der Waals surface area (Å²) in [6.07, 6.45) is 2.69. The smallest absolute Gasteiger partial charge is 0.0931 e. The van der Waals surface area contributed by atoms with Crippen LogP contribution in [0.15, 0.2) is 12.1 Å². The third-order valence-electron chi connectivity index (χ3n) is 3.46. The lowest BCUT2D eigenvalue weighted by Crippen LogP contribution is -2.37. The molecule has 4 heteroatoms. The summed E-state index contributed by atoms with van der Waals surface area (Å²) in [6, 6.07) is 4.52. The zero-order valence-corrected chi connectivity index (χ0v) is 12.2. The van der Waals surface area contributed by atoms with Crippen LogP contribution in [-0.2, 0) is 0 Å². The van der Waals surface area contributed by atoms with E-state index in [9.17, 15) is 0 Å². The minimum atomic E-state index is 0.416. The molecule has 0 radical (unpaired) electrons. The number of likely N-dealkylation sites (tertiary alicyclic amines) is 1. The van der Waals surface area contributed by atoms with Crippen LogP contribution in [0.2, 0.25) is 4.34 Å². The monoisotopic (exact) mass is 272 g/mol. The molecule has 17 heavy (non-hydrogen) atoms. The number of piperidine rings is 1. The van der Waals surface area contributed by atoms with Crippen LogP contribution in [0.1, 0.15) is 30.7 Å². The van der Waals surface area contributed by atoms with E-state index in [1.807, 2.05) is 6.07 Å². The van der Waals surface area contributed by atoms with Crippen LogP contribution in [-0.4, -0.2) is 31.6 Å². The fourth-order valence-corrected chi connectivity index (χ4v) is 3.53. The molecule has 1 aliphatic rings. The second-order valence-electron chi connectivity index (χ2n) is 5.04. The lowest BCUT2D eigenvalue weighted by Gasteiger charge is -2.30. The number of halogens is 1. The quantitative estimate of drug-likeness (QED) is 0.904. The molecule has 0 aromatic carbocycles. The van der Waals surface area contributed by atoms with Crippen LogP contribution in [0, 0.1) is 5.92 Å². The van der Waals surface area contributed by atoms with E-state index >= 15 is 0 Å². The van der Waals surface area contributed by atoms with E-state index < -0.39 is 0 Å². The maximum Gasteiger partial charge on any atom is 0.0931 e. The van der Waals surface area contributed by atoms with Gasteiger partial charge in [-0.3, -0.25) is 0 Å². The highest BCUT2D eigenvalue weighted by molar-refractivity contribution is 7.16. The van der Waals surface area contributed by atoms with Gasteiger partial charge >= 0.3 is 0 Å². The second kappa shape index (κ2) is 6.19. The maximum absolute atomic E-state index is 5.96. The van der Waals surface area contributed by atoms with Crippen LogP contribution >= 0.6 is 22.9 Å². The van der Waals surface area contributed by atoms with Crippen LogP contribution < -0.4 is 5.32 Å². The van der Waals surface area contributed by atoms with E-state index in [1.54, 1.807) is 11.3 Å². The summed E-state index contributed by atoms with van der Waals surface area (Å²) >= 11 is 7.63. The normalized spacial score (nSPS) is 23.8. The zero-order chi connectivity index (χ0) is 12.3. The highest BCUT2D eigenvalue weighted by Gasteiger charge is 2.18. The molecule has 1 aromatic rings. The van der Waals surface area contributed by atoms with Crippen molar-refractivity contribution in [2.75, 3.05) is 26.7 Å². The topological polar surface area (TPSA) is 15.3 Å². The van der Waals surface area contributed by atoms with Gasteiger partial charge < -0.3 is 10.2 Å². The van der Waals surface area contributed by atoms with Gasteiger partial charge in [-0.05, 0) is 58.0 Å². The first kappa shape index (κ1) is 13.3. The molecular formula is C13H21ClN2S. The number of nitrogens with zero attached hydrogens (tertiary/aromatic N) is 1. The number of rotatable bonds is 4. The van der Waals surface area contributed by atoms with Crippen LogP contribution in [0.5, 0.6) is 0 Å². The van der Waals surface area contributed by atoms with Gasteiger partial charge in [-0.1, -0.05) is 11.6 Å². The van der Waals surface area contributed by atoms with Gasteiger partial charge in [-0.15, -0.1) is 11.3 Å². The fourth-order valence-electron chi connectivity index (χ4n) is 2.44. The summed E-state index contributed by atoms with van der Waals surface area (Å²) in [6.45, 7) is 5.81. The van der Waals surface area contributed by atoms with Crippen molar-refractivity contribution in [2.24, 2.45) is 5.92 Å². The molecule has 1 aliphatic heterocycles.